The molecule has 0 bridgehead atoms. The third kappa shape index (κ3) is 5.56. The molecule has 1 fully saturated rings. The Morgan fingerprint density at radius 2 is 2.12 bits per heavy atom. The molecule has 1 aromatic rings. The van der Waals surface area contributed by atoms with E-state index in [0.29, 0.717) is 29.9 Å². The number of carboxylic acid groups (broad SMARTS) is 1. The number of carbonyl (C=O) groups excluding carboxylic acids is 1. The van der Waals surface area contributed by atoms with Gasteiger partial charge in [-0.05, 0) is 12.5 Å². The van der Waals surface area contributed by atoms with Crippen LogP contribution in [0.4, 0.5) is 13.2 Å². The van der Waals surface area contributed by atoms with Gasteiger partial charge in [0.05, 0.1) is 18.2 Å². The minimum absolute atomic E-state index is 0.0712. The van der Waals surface area contributed by atoms with Crippen molar-refractivity contribution in [3.8, 4) is 0 Å². The van der Waals surface area contributed by atoms with Crippen LogP contribution in [0.5, 0.6) is 0 Å². The highest BCUT2D eigenvalue weighted by molar-refractivity contribution is 5.76. The van der Waals surface area contributed by atoms with Crippen molar-refractivity contribution in [2.75, 3.05) is 19.8 Å². The first kappa shape index (κ1) is 19.9. The summed E-state index contributed by atoms with van der Waals surface area (Å²) in [6.07, 6.45) is -4.43. The maximum Gasteiger partial charge on any atom is 0.417 e. The average molecular weight is 378 g/mol. The van der Waals surface area contributed by atoms with E-state index < -0.39 is 54.5 Å². The highest BCUT2D eigenvalue weighted by atomic mass is 19.4. The van der Waals surface area contributed by atoms with E-state index in [0.717, 1.165) is 6.07 Å². The number of hydrogen-bond acceptors (Lipinski definition) is 5. The van der Waals surface area contributed by atoms with Gasteiger partial charge in [0, 0.05) is 18.9 Å². The maximum atomic E-state index is 12.7. The number of aliphatic carboxylic acids is 1. The molecule has 0 unspecified atom stereocenters. The van der Waals surface area contributed by atoms with Gasteiger partial charge in [0.1, 0.15) is 19.3 Å². The van der Waals surface area contributed by atoms with E-state index in [1.165, 1.54) is 0 Å². The topological polar surface area (TPSA) is 107 Å². The predicted molar refractivity (Wildman–Crippen MR) is 80.4 cm³/mol. The van der Waals surface area contributed by atoms with Crippen molar-refractivity contribution in [3.05, 3.63) is 34.2 Å². The number of halogens is 3. The lowest BCUT2D eigenvalue weighted by atomic mass is 10.1. The molecule has 2 heterocycles. The van der Waals surface area contributed by atoms with Crippen molar-refractivity contribution >= 4 is 11.9 Å². The quantitative estimate of drug-likeness (QED) is 0.735. The fourth-order valence-corrected chi connectivity index (χ4v) is 2.45. The van der Waals surface area contributed by atoms with Crippen LogP contribution < -0.4 is 10.9 Å². The molecule has 2 rings (SSSR count). The molecule has 1 amide bonds. The normalized spacial score (nSPS) is 20.6. The van der Waals surface area contributed by atoms with Crippen LogP contribution >= 0.6 is 0 Å². The van der Waals surface area contributed by atoms with Gasteiger partial charge in [0.25, 0.3) is 5.56 Å². The Morgan fingerprint density at radius 1 is 1.38 bits per heavy atom. The van der Waals surface area contributed by atoms with Gasteiger partial charge in [-0.25, -0.2) is 4.79 Å². The summed E-state index contributed by atoms with van der Waals surface area (Å²) in [5.74, 6) is -1.88. The highest BCUT2D eigenvalue weighted by Crippen LogP contribution is 2.27. The summed E-state index contributed by atoms with van der Waals surface area (Å²) < 4.78 is 49.1. The number of ether oxygens (including phenoxy) is 2. The molecule has 1 saturated heterocycles. The summed E-state index contributed by atoms with van der Waals surface area (Å²) in [5, 5.41) is 11.2. The van der Waals surface area contributed by atoms with Gasteiger partial charge in [-0.3, -0.25) is 9.59 Å². The number of hydrogen-bond donors (Lipinski definition) is 2. The second-order valence-corrected chi connectivity index (χ2v) is 5.66. The van der Waals surface area contributed by atoms with E-state index in [4.69, 9.17) is 14.6 Å². The number of carbonyl (C=O) groups is 2. The first-order valence-electron chi connectivity index (χ1n) is 7.65. The van der Waals surface area contributed by atoms with Crippen LogP contribution in [-0.4, -0.2) is 53.5 Å². The predicted octanol–water partition coefficient (Wildman–Crippen LogP) is 0.242. The Balaban J connectivity index is 2.03. The number of alkyl halides is 3. The van der Waals surface area contributed by atoms with E-state index in [1.807, 2.05) is 0 Å². The average Bonchev–Trinajstić information content (AvgIpc) is 2.55. The zero-order valence-corrected chi connectivity index (χ0v) is 13.5. The molecule has 1 aromatic heterocycles. The molecule has 1 aliphatic rings. The molecule has 1 aliphatic heterocycles. The molecule has 0 aliphatic carbocycles. The number of pyridine rings is 1. The van der Waals surface area contributed by atoms with Gasteiger partial charge in [0.15, 0.2) is 0 Å². The summed E-state index contributed by atoms with van der Waals surface area (Å²) in [6.45, 7) is -0.803. The van der Waals surface area contributed by atoms with Crippen molar-refractivity contribution in [1.82, 2.24) is 9.88 Å². The van der Waals surface area contributed by atoms with Gasteiger partial charge in [-0.2, -0.15) is 13.2 Å². The molecular weight excluding hydrogens is 361 g/mol. The smallest absolute Gasteiger partial charge is 0.417 e. The van der Waals surface area contributed by atoms with E-state index in [2.05, 4.69) is 5.32 Å². The third-order valence-electron chi connectivity index (χ3n) is 3.70. The van der Waals surface area contributed by atoms with Gasteiger partial charge in [-0.1, -0.05) is 0 Å². The van der Waals surface area contributed by atoms with Gasteiger partial charge in [-0.15, -0.1) is 0 Å². The van der Waals surface area contributed by atoms with E-state index in [-0.39, 0.29) is 6.61 Å². The Morgan fingerprint density at radius 3 is 2.77 bits per heavy atom. The zero-order valence-electron chi connectivity index (χ0n) is 13.5. The lowest BCUT2D eigenvalue weighted by Crippen LogP contribution is -2.51. The molecule has 0 aromatic carbocycles. The molecule has 8 nitrogen and oxygen atoms in total. The largest absolute Gasteiger partial charge is 0.480 e. The van der Waals surface area contributed by atoms with Crippen LogP contribution in [0.2, 0.25) is 0 Å². The first-order chi connectivity index (χ1) is 12.2. The Kier molecular flexibility index (Phi) is 6.37. The summed E-state index contributed by atoms with van der Waals surface area (Å²) in [5.41, 5.74) is -1.79. The molecule has 11 heteroatoms. The number of nitrogens with zero attached hydrogens (tertiary/aromatic N) is 1. The summed E-state index contributed by atoms with van der Waals surface area (Å²) in [6, 6.07) is 0.811. The van der Waals surface area contributed by atoms with Crippen LogP contribution in [0.15, 0.2) is 23.1 Å². The van der Waals surface area contributed by atoms with Crippen molar-refractivity contribution in [2.45, 2.75) is 31.3 Å². The molecule has 0 spiro atoms. The second kappa shape index (κ2) is 8.32. The fourth-order valence-electron chi connectivity index (χ4n) is 2.45. The van der Waals surface area contributed by atoms with E-state index in [9.17, 15) is 27.6 Å². The number of rotatable bonds is 6. The maximum absolute atomic E-state index is 12.7. The van der Waals surface area contributed by atoms with Gasteiger partial charge >= 0.3 is 12.1 Å². The van der Waals surface area contributed by atoms with E-state index >= 15 is 0 Å². The minimum atomic E-state index is -4.64. The molecule has 2 atom stereocenters. The lowest BCUT2D eigenvalue weighted by Gasteiger charge is -2.31. The summed E-state index contributed by atoms with van der Waals surface area (Å²) >= 11 is 0. The molecule has 0 saturated carbocycles. The van der Waals surface area contributed by atoms with Gasteiger partial charge < -0.3 is 24.5 Å². The SMILES string of the molecule is O=C(O)CO[C@@H]1COCC[C@H]1NC(=O)Cn1cc(C(F)(F)F)ccc1=O. The Hall–Kier alpha value is -2.40. The van der Waals surface area contributed by atoms with Crippen molar-refractivity contribution in [2.24, 2.45) is 0 Å². The molecular formula is C15H17F3N2O6. The molecule has 2 N–H and O–H groups in total. The second-order valence-electron chi connectivity index (χ2n) is 5.66. The van der Waals surface area contributed by atoms with E-state index in [1.54, 1.807) is 0 Å². The molecule has 26 heavy (non-hydrogen) atoms. The lowest BCUT2D eigenvalue weighted by molar-refractivity contribution is -0.149. The minimum Gasteiger partial charge on any atom is -0.480 e. The highest BCUT2D eigenvalue weighted by Gasteiger charge is 2.32. The standard InChI is InChI=1S/C15H17F3N2O6/c16-15(17,18)9-1-2-13(22)20(5-9)6-12(21)19-10-3-4-25-7-11(10)26-8-14(23)24/h1-2,5,10-11H,3-4,6-8H2,(H,19,21)(H,23,24)/t10-,11-/m1/s1. The Bertz CT molecular complexity index is 718. The Labute approximate surface area is 145 Å². The first-order valence-corrected chi connectivity index (χ1v) is 7.65. The monoisotopic (exact) mass is 378 g/mol. The van der Waals surface area contributed by atoms with Crippen LogP contribution in [0.25, 0.3) is 0 Å². The van der Waals surface area contributed by atoms with Crippen LogP contribution in [0.3, 0.4) is 0 Å². The third-order valence-corrected chi connectivity index (χ3v) is 3.70. The van der Waals surface area contributed by atoms with Crippen LogP contribution in [0, 0.1) is 0 Å². The number of aromatic nitrogens is 1. The number of carboxylic acids is 1. The number of nitrogens with one attached hydrogen (secondary N) is 1. The van der Waals surface area contributed by atoms with Crippen LogP contribution in [0.1, 0.15) is 12.0 Å². The summed E-state index contributed by atoms with van der Waals surface area (Å²) in [4.78, 5) is 34.4. The van der Waals surface area contributed by atoms with Gasteiger partial charge in [0.2, 0.25) is 5.91 Å². The van der Waals surface area contributed by atoms with Crippen molar-refractivity contribution in [1.29, 1.82) is 0 Å². The van der Waals surface area contributed by atoms with Crippen LogP contribution in [-0.2, 0) is 31.8 Å². The molecule has 144 valence electrons. The molecule has 0 radical (unpaired) electrons. The van der Waals surface area contributed by atoms with Crippen molar-refractivity contribution < 1.29 is 37.3 Å². The number of amides is 1. The summed E-state index contributed by atoms with van der Waals surface area (Å²) in [7, 11) is 0. The van der Waals surface area contributed by atoms with Crippen molar-refractivity contribution in [3.63, 3.8) is 0 Å². The fraction of sp³-hybridized carbons (Fsp3) is 0.533. The zero-order chi connectivity index (χ0) is 19.3.